The van der Waals surface area contributed by atoms with E-state index in [0.717, 1.165) is 32.7 Å². The topological polar surface area (TPSA) is 42.6 Å². The number of nitrogens with zero attached hydrogens (tertiary/aromatic N) is 3. The van der Waals surface area contributed by atoms with Crippen molar-refractivity contribution in [3.63, 3.8) is 0 Å². The number of nitrogens with one attached hydrogen (secondary N) is 1. The number of aromatic nitrogens is 2. The Bertz CT molecular complexity index is 927. The van der Waals surface area contributed by atoms with Crippen molar-refractivity contribution in [2.24, 2.45) is 0 Å². The Morgan fingerprint density at radius 2 is 1.79 bits per heavy atom. The maximum atomic E-state index is 12.8. The molecule has 1 N–H and O–H groups in total. The van der Waals surface area contributed by atoms with Crippen LogP contribution in [0.1, 0.15) is 27.0 Å². The highest BCUT2D eigenvalue weighted by Crippen LogP contribution is 2.08. The van der Waals surface area contributed by atoms with Gasteiger partial charge in [0.05, 0.1) is 44.5 Å². The van der Waals surface area contributed by atoms with Gasteiger partial charge in [0.25, 0.3) is 5.91 Å². The molecule has 2 heterocycles. The van der Waals surface area contributed by atoms with Gasteiger partial charge in [-0.25, -0.2) is 0 Å². The average Bonchev–Trinajstić information content (AvgIpc) is 3.17. The zero-order valence-corrected chi connectivity index (χ0v) is 16.3. The first-order chi connectivity index (χ1) is 13.7. The molecule has 1 saturated heterocycles. The SMILES string of the molecule is Cc1cccc(C[NH+]2CCN(C(=O)c3cnn(Cc4ccccc4)c3)CC2)c1. The van der Waals surface area contributed by atoms with E-state index in [4.69, 9.17) is 0 Å². The summed E-state index contributed by atoms with van der Waals surface area (Å²) < 4.78 is 1.84. The molecule has 28 heavy (non-hydrogen) atoms. The molecule has 2 aromatic carbocycles. The molecule has 1 fully saturated rings. The predicted octanol–water partition coefficient (Wildman–Crippen LogP) is 1.78. The van der Waals surface area contributed by atoms with Crippen LogP contribution in [-0.4, -0.2) is 46.8 Å². The average molecular weight is 375 g/mol. The molecule has 0 unspecified atom stereocenters. The van der Waals surface area contributed by atoms with Crippen LogP contribution >= 0.6 is 0 Å². The van der Waals surface area contributed by atoms with Crippen LogP contribution in [-0.2, 0) is 13.1 Å². The van der Waals surface area contributed by atoms with Gasteiger partial charge in [0.2, 0.25) is 0 Å². The van der Waals surface area contributed by atoms with E-state index < -0.39 is 0 Å². The lowest BCUT2D eigenvalue weighted by Crippen LogP contribution is -3.13. The molecule has 0 bridgehead atoms. The molecular formula is C23H27N4O+. The van der Waals surface area contributed by atoms with E-state index in [1.165, 1.54) is 21.6 Å². The summed E-state index contributed by atoms with van der Waals surface area (Å²) in [6.07, 6.45) is 3.55. The van der Waals surface area contributed by atoms with Gasteiger partial charge < -0.3 is 9.80 Å². The fourth-order valence-electron chi connectivity index (χ4n) is 3.83. The monoisotopic (exact) mass is 375 g/mol. The van der Waals surface area contributed by atoms with Gasteiger partial charge in [0.15, 0.2) is 0 Å². The zero-order chi connectivity index (χ0) is 19.3. The highest BCUT2D eigenvalue weighted by atomic mass is 16.2. The molecule has 3 aromatic rings. The van der Waals surface area contributed by atoms with Crippen molar-refractivity contribution in [3.8, 4) is 0 Å². The second-order valence-corrected chi connectivity index (χ2v) is 7.62. The highest BCUT2D eigenvalue weighted by Gasteiger charge is 2.25. The summed E-state index contributed by atoms with van der Waals surface area (Å²) in [7, 11) is 0. The van der Waals surface area contributed by atoms with Crippen LogP contribution in [0.2, 0.25) is 0 Å². The summed E-state index contributed by atoms with van der Waals surface area (Å²) in [5, 5.41) is 4.37. The molecule has 0 aliphatic carbocycles. The van der Waals surface area contributed by atoms with E-state index >= 15 is 0 Å². The number of rotatable bonds is 5. The molecule has 0 radical (unpaired) electrons. The Balaban J connectivity index is 1.31. The van der Waals surface area contributed by atoms with Crippen LogP contribution in [0.3, 0.4) is 0 Å². The Morgan fingerprint density at radius 3 is 2.54 bits per heavy atom. The third kappa shape index (κ3) is 4.49. The molecule has 1 aromatic heterocycles. The summed E-state index contributed by atoms with van der Waals surface area (Å²) in [6, 6.07) is 18.9. The molecule has 1 aliphatic heterocycles. The highest BCUT2D eigenvalue weighted by molar-refractivity contribution is 5.93. The van der Waals surface area contributed by atoms with Gasteiger partial charge in [0.1, 0.15) is 6.54 Å². The van der Waals surface area contributed by atoms with Gasteiger partial charge in [-0.2, -0.15) is 5.10 Å². The van der Waals surface area contributed by atoms with Crippen LogP contribution in [0.4, 0.5) is 0 Å². The Kier molecular flexibility index (Phi) is 5.53. The number of hydrogen-bond donors (Lipinski definition) is 1. The lowest BCUT2D eigenvalue weighted by Gasteiger charge is -2.32. The van der Waals surface area contributed by atoms with Crippen LogP contribution in [0.5, 0.6) is 0 Å². The van der Waals surface area contributed by atoms with E-state index in [2.05, 4.69) is 48.4 Å². The largest absolute Gasteiger partial charge is 0.328 e. The first-order valence-corrected chi connectivity index (χ1v) is 9.92. The normalized spacial score (nSPS) is 15.0. The lowest BCUT2D eigenvalue weighted by molar-refractivity contribution is -0.917. The van der Waals surface area contributed by atoms with Gasteiger partial charge in [-0.15, -0.1) is 0 Å². The Morgan fingerprint density at radius 1 is 1.04 bits per heavy atom. The first kappa shape index (κ1) is 18.4. The van der Waals surface area contributed by atoms with Gasteiger partial charge >= 0.3 is 0 Å². The van der Waals surface area contributed by atoms with Gasteiger partial charge in [-0.1, -0.05) is 60.2 Å². The molecule has 0 saturated carbocycles. The number of quaternary nitrogens is 1. The third-order valence-electron chi connectivity index (χ3n) is 5.36. The molecular weight excluding hydrogens is 348 g/mol. The number of benzene rings is 2. The molecule has 5 heteroatoms. The number of carbonyl (C=O) groups excluding carboxylic acids is 1. The van der Waals surface area contributed by atoms with Crippen molar-refractivity contribution >= 4 is 5.91 Å². The minimum Gasteiger partial charge on any atom is -0.328 e. The zero-order valence-electron chi connectivity index (χ0n) is 16.3. The minimum atomic E-state index is 0.0916. The maximum absolute atomic E-state index is 12.8. The van der Waals surface area contributed by atoms with E-state index in [1.807, 2.05) is 34.0 Å². The van der Waals surface area contributed by atoms with Gasteiger partial charge in [0, 0.05) is 11.8 Å². The third-order valence-corrected chi connectivity index (χ3v) is 5.36. The summed E-state index contributed by atoms with van der Waals surface area (Å²) in [5.41, 5.74) is 4.53. The van der Waals surface area contributed by atoms with Crippen LogP contribution in [0.25, 0.3) is 0 Å². The first-order valence-electron chi connectivity index (χ1n) is 9.92. The van der Waals surface area contributed by atoms with Crippen molar-refractivity contribution in [3.05, 3.63) is 89.2 Å². The fourth-order valence-corrected chi connectivity index (χ4v) is 3.83. The molecule has 144 valence electrons. The number of piperazine rings is 1. The van der Waals surface area contributed by atoms with Crippen LogP contribution in [0.15, 0.2) is 67.0 Å². The number of aryl methyl sites for hydroxylation is 1. The summed E-state index contributed by atoms with van der Waals surface area (Å²) in [6.45, 7) is 7.40. The molecule has 1 aliphatic rings. The minimum absolute atomic E-state index is 0.0916. The lowest BCUT2D eigenvalue weighted by atomic mass is 10.1. The van der Waals surface area contributed by atoms with Crippen molar-refractivity contribution in [1.29, 1.82) is 0 Å². The van der Waals surface area contributed by atoms with Gasteiger partial charge in [-0.05, 0) is 12.5 Å². The van der Waals surface area contributed by atoms with E-state index in [0.29, 0.717) is 12.1 Å². The number of carbonyl (C=O) groups is 1. The van der Waals surface area contributed by atoms with Crippen molar-refractivity contribution < 1.29 is 9.69 Å². The number of hydrogen-bond acceptors (Lipinski definition) is 2. The van der Waals surface area contributed by atoms with Crippen LogP contribution in [0, 0.1) is 6.92 Å². The van der Waals surface area contributed by atoms with Crippen molar-refractivity contribution in [1.82, 2.24) is 14.7 Å². The molecule has 0 atom stereocenters. The molecule has 1 amide bonds. The second kappa shape index (κ2) is 8.40. The summed E-state index contributed by atoms with van der Waals surface area (Å²) in [4.78, 5) is 16.3. The molecule has 5 nitrogen and oxygen atoms in total. The van der Waals surface area contributed by atoms with E-state index in [1.54, 1.807) is 6.20 Å². The van der Waals surface area contributed by atoms with Crippen molar-refractivity contribution in [2.75, 3.05) is 26.2 Å². The Labute approximate surface area is 166 Å². The summed E-state index contributed by atoms with van der Waals surface area (Å²) >= 11 is 0. The quantitative estimate of drug-likeness (QED) is 0.739. The van der Waals surface area contributed by atoms with Crippen molar-refractivity contribution in [2.45, 2.75) is 20.0 Å². The van der Waals surface area contributed by atoms with Gasteiger partial charge in [-0.3, -0.25) is 9.48 Å². The second-order valence-electron chi connectivity index (χ2n) is 7.62. The number of amides is 1. The fraction of sp³-hybridized carbons (Fsp3) is 0.304. The predicted molar refractivity (Wildman–Crippen MR) is 109 cm³/mol. The molecule has 0 spiro atoms. The summed E-state index contributed by atoms with van der Waals surface area (Å²) in [5.74, 6) is 0.0916. The molecule has 4 rings (SSSR count). The van der Waals surface area contributed by atoms with E-state index in [-0.39, 0.29) is 5.91 Å². The standard InChI is InChI=1S/C23H26N4O/c1-19-6-5-9-21(14-19)16-25-10-12-26(13-11-25)23(28)22-15-24-27(18-22)17-20-7-3-2-4-8-20/h2-9,14-15,18H,10-13,16-17H2,1H3/p+1. The van der Waals surface area contributed by atoms with E-state index in [9.17, 15) is 4.79 Å². The van der Waals surface area contributed by atoms with Crippen LogP contribution < -0.4 is 4.90 Å². The Hall–Kier alpha value is -2.92. The maximum Gasteiger partial charge on any atom is 0.257 e. The smallest absolute Gasteiger partial charge is 0.257 e.